The molecule has 0 atom stereocenters. The molecule has 0 aliphatic carbocycles. The third kappa shape index (κ3) is 1.83. The van der Waals surface area contributed by atoms with Crippen LogP contribution in [0.4, 0.5) is 5.69 Å². The lowest BCUT2D eigenvalue weighted by atomic mass is 10.2. The Balaban J connectivity index is 2.09. The molecule has 0 radical (unpaired) electrons. The highest BCUT2D eigenvalue weighted by Gasteiger charge is 2.16. The zero-order chi connectivity index (χ0) is 9.10. The number of nitrogens with zero attached hydrogens (tertiary/aromatic N) is 1. The first-order valence-electron chi connectivity index (χ1n) is 4.73. The van der Waals surface area contributed by atoms with Crippen molar-refractivity contribution in [2.24, 2.45) is 0 Å². The molecule has 0 spiro atoms. The van der Waals surface area contributed by atoms with Crippen LogP contribution in [-0.4, -0.2) is 25.1 Å². The van der Waals surface area contributed by atoms with Gasteiger partial charge in [0.25, 0.3) is 0 Å². The molecule has 13 heavy (non-hydrogen) atoms. The number of thioether (sulfide) groups is 1. The van der Waals surface area contributed by atoms with E-state index in [2.05, 4.69) is 35.4 Å². The Morgan fingerprint density at radius 1 is 1.38 bits per heavy atom. The van der Waals surface area contributed by atoms with Crippen LogP contribution in [0.3, 0.4) is 0 Å². The predicted molar refractivity (Wildman–Crippen MR) is 60.7 cm³/mol. The van der Waals surface area contributed by atoms with Crippen molar-refractivity contribution in [2.75, 3.05) is 30.0 Å². The van der Waals surface area contributed by atoms with Crippen LogP contribution < -0.4 is 4.90 Å². The fraction of sp³-hybridized carbons (Fsp3) is 0.455. The van der Waals surface area contributed by atoms with Crippen LogP contribution >= 0.6 is 11.8 Å². The molecular weight excluding hydrogens is 178 g/mol. The molecule has 1 aromatic rings. The lowest BCUT2D eigenvalue weighted by Crippen LogP contribution is -2.23. The SMILES string of the molecule is CSCCN1CCc2ccccc21. The minimum atomic E-state index is 1.19. The summed E-state index contributed by atoms with van der Waals surface area (Å²) in [5, 5.41) is 0. The van der Waals surface area contributed by atoms with E-state index in [4.69, 9.17) is 0 Å². The molecule has 0 aromatic heterocycles. The van der Waals surface area contributed by atoms with Gasteiger partial charge < -0.3 is 4.90 Å². The van der Waals surface area contributed by atoms with Crippen LogP contribution in [0.1, 0.15) is 5.56 Å². The van der Waals surface area contributed by atoms with E-state index in [1.54, 1.807) is 0 Å². The van der Waals surface area contributed by atoms with Crippen molar-refractivity contribution in [3.05, 3.63) is 29.8 Å². The molecule has 0 amide bonds. The van der Waals surface area contributed by atoms with Crippen LogP contribution in [0, 0.1) is 0 Å². The lowest BCUT2D eigenvalue weighted by molar-refractivity contribution is 0.874. The Morgan fingerprint density at radius 3 is 3.08 bits per heavy atom. The molecule has 2 heteroatoms. The van der Waals surface area contributed by atoms with Gasteiger partial charge in [0.2, 0.25) is 0 Å². The molecule has 0 N–H and O–H groups in total. The predicted octanol–water partition coefficient (Wildman–Crippen LogP) is 2.41. The van der Waals surface area contributed by atoms with Gasteiger partial charge in [0.15, 0.2) is 0 Å². The number of hydrogen-bond acceptors (Lipinski definition) is 2. The van der Waals surface area contributed by atoms with Gasteiger partial charge in [-0.2, -0.15) is 11.8 Å². The number of benzene rings is 1. The Kier molecular flexibility index (Phi) is 2.79. The first-order valence-corrected chi connectivity index (χ1v) is 6.13. The van der Waals surface area contributed by atoms with Crippen LogP contribution in [-0.2, 0) is 6.42 Å². The third-order valence-corrected chi connectivity index (χ3v) is 3.14. The average molecular weight is 193 g/mol. The van der Waals surface area contributed by atoms with E-state index in [0.29, 0.717) is 0 Å². The van der Waals surface area contributed by atoms with Crippen LogP contribution in [0.25, 0.3) is 0 Å². The molecule has 1 heterocycles. The van der Waals surface area contributed by atoms with Gasteiger partial charge in [-0.15, -0.1) is 0 Å². The van der Waals surface area contributed by atoms with Gasteiger partial charge in [0.1, 0.15) is 0 Å². The summed E-state index contributed by atoms with van der Waals surface area (Å²) >= 11 is 1.92. The molecule has 0 saturated carbocycles. The Hall–Kier alpha value is -0.630. The average Bonchev–Trinajstić information content (AvgIpc) is 2.58. The Morgan fingerprint density at radius 2 is 2.23 bits per heavy atom. The largest absolute Gasteiger partial charge is 0.370 e. The summed E-state index contributed by atoms with van der Waals surface area (Å²) in [5.41, 5.74) is 2.97. The summed E-state index contributed by atoms with van der Waals surface area (Å²) in [4.78, 5) is 2.49. The topological polar surface area (TPSA) is 3.24 Å². The number of fused-ring (bicyclic) bond motifs is 1. The molecule has 0 fully saturated rings. The summed E-state index contributed by atoms with van der Waals surface area (Å²) < 4.78 is 0. The summed E-state index contributed by atoms with van der Waals surface area (Å²) in [5.74, 6) is 1.23. The fourth-order valence-corrected chi connectivity index (χ4v) is 2.24. The van der Waals surface area contributed by atoms with Crippen molar-refractivity contribution in [3.8, 4) is 0 Å². The first-order chi connectivity index (χ1) is 6.42. The van der Waals surface area contributed by atoms with E-state index < -0.39 is 0 Å². The lowest BCUT2D eigenvalue weighted by Gasteiger charge is -2.18. The molecule has 2 rings (SSSR count). The second-order valence-corrected chi connectivity index (χ2v) is 4.34. The molecule has 1 aromatic carbocycles. The Bertz CT molecular complexity index is 285. The summed E-state index contributed by atoms with van der Waals surface area (Å²) in [7, 11) is 0. The van der Waals surface area contributed by atoms with Crippen molar-refractivity contribution in [2.45, 2.75) is 6.42 Å². The van der Waals surface area contributed by atoms with Crippen LogP contribution in [0.5, 0.6) is 0 Å². The van der Waals surface area contributed by atoms with Gasteiger partial charge in [-0.3, -0.25) is 0 Å². The third-order valence-electron chi connectivity index (χ3n) is 2.55. The van der Waals surface area contributed by atoms with E-state index in [0.717, 1.165) is 0 Å². The minimum Gasteiger partial charge on any atom is -0.370 e. The van der Waals surface area contributed by atoms with Crippen LogP contribution in [0.2, 0.25) is 0 Å². The van der Waals surface area contributed by atoms with Crippen molar-refractivity contribution in [1.29, 1.82) is 0 Å². The van der Waals surface area contributed by atoms with Gasteiger partial charge >= 0.3 is 0 Å². The van der Waals surface area contributed by atoms with Crippen molar-refractivity contribution < 1.29 is 0 Å². The van der Waals surface area contributed by atoms with E-state index in [1.807, 2.05) is 11.8 Å². The van der Waals surface area contributed by atoms with Crippen LogP contribution in [0.15, 0.2) is 24.3 Å². The molecule has 0 unspecified atom stereocenters. The smallest absolute Gasteiger partial charge is 0.0399 e. The van der Waals surface area contributed by atoms with Crippen molar-refractivity contribution >= 4 is 17.4 Å². The maximum absolute atomic E-state index is 2.49. The second kappa shape index (κ2) is 4.05. The highest BCUT2D eigenvalue weighted by molar-refractivity contribution is 7.98. The number of hydrogen-bond donors (Lipinski definition) is 0. The van der Waals surface area contributed by atoms with E-state index in [9.17, 15) is 0 Å². The van der Waals surface area contributed by atoms with E-state index in [-0.39, 0.29) is 0 Å². The molecule has 1 aliphatic heterocycles. The monoisotopic (exact) mass is 193 g/mol. The zero-order valence-electron chi connectivity index (χ0n) is 7.99. The number of anilines is 1. The van der Waals surface area contributed by atoms with E-state index >= 15 is 0 Å². The second-order valence-electron chi connectivity index (χ2n) is 3.36. The normalized spacial score (nSPS) is 14.7. The van der Waals surface area contributed by atoms with Crippen molar-refractivity contribution in [3.63, 3.8) is 0 Å². The summed E-state index contributed by atoms with van der Waals surface area (Å²) in [6, 6.07) is 8.75. The highest BCUT2D eigenvalue weighted by Crippen LogP contribution is 2.26. The van der Waals surface area contributed by atoms with E-state index in [1.165, 1.54) is 36.5 Å². The van der Waals surface area contributed by atoms with Gasteiger partial charge in [0, 0.05) is 24.5 Å². The highest BCUT2D eigenvalue weighted by atomic mass is 32.2. The Labute approximate surface area is 84.1 Å². The van der Waals surface area contributed by atoms with Crippen molar-refractivity contribution in [1.82, 2.24) is 0 Å². The molecular formula is C11H15NS. The summed E-state index contributed by atoms with van der Waals surface area (Å²) in [6.45, 7) is 2.40. The number of rotatable bonds is 3. The number of para-hydroxylation sites is 1. The maximum atomic E-state index is 2.49. The fourth-order valence-electron chi connectivity index (χ4n) is 1.84. The molecule has 0 saturated heterocycles. The maximum Gasteiger partial charge on any atom is 0.0399 e. The van der Waals surface area contributed by atoms with Gasteiger partial charge in [-0.05, 0) is 24.3 Å². The van der Waals surface area contributed by atoms with Gasteiger partial charge in [-0.1, -0.05) is 18.2 Å². The standard InChI is InChI=1S/C11H15NS/c1-13-9-8-12-7-6-10-4-2-3-5-11(10)12/h2-5H,6-9H2,1H3. The molecule has 1 aliphatic rings. The quantitative estimate of drug-likeness (QED) is 0.725. The molecule has 70 valence electrons. The minimum absolute atomic E-state index is 1.19. The molecule has 0 bridgehead atoms. The van der Waals surface area contributed by atoms with Gasteiger partial charge in [0.05, 0.1) is 0 Å². The zero-order valence-corrected chi connectivity index (χ0v) is 8.81. The molecule has 1 nitrogen and oxygen atoms in total. The van der Waals surface area contributed by atoms with Gasteiger partial charge in [-0.25, -0.2) is 0 Å². The summed E-state index contributed by atoms with van der Waals surface area (Å²) in [6.07, 6.45) is 3.40. The first kappa shape index (κ1) is 8.95.